The van der Waals surface area contributed by atoms with Gasteiger partial charge >= 0.3 is 0 Å². The standard InChI is InChI=1S/C21H20N4O3/c1-13-7-14(2)9-16(8-13)25-21(26)17-11-23-20(12-22-17)24-15-3-4-18-19(10-15)28-6-5-27-18/h3-4,7-12H,5-6H2,1-2H3,(H,23,24)(H,25,26). The van der Waals surface area contributed by atoms with E-state index in [1.807, 2.05) is 50.2 Å². The zero-order valence-corrected chi connectivity index (χ0v) is 15.7. The van der Waals surface area contributed by atoms with Gasteiger partial charge in [-0.2, -0.15) is 0 Å². The highest BCUT2D eigenvalue weighted by Gasteiger charge is 2.13. The zero-order valence-electron chi connectivity index (χ0n) is 15.7. The third-order valence-electron chi connectivity index (χ3n) is 4.18. The summed E-state index contributed by atoms with van der Waals surface area (Å²) in [6, 6.07) is 11.4. The molecule has 0 atom stereocenters. The third kappa shape index (κ3) is 4.03. The van der Waals surface area contributed by atoms with Gasteiger partial charge in [-0.1, -0.05) is 6.07 Å². The summed E-state index contributed by atoms with van der Waals surface area (Å²) in [5.74, 6) is 1.64. The molecule has 7 nitrogen and oxygen atoms in total. The number of amides is 1. The van der Waals surface area contributed by atoms with Crippen LogP contribution >= 0.6 is 0 Å². The first-order valence-corrected chi connectivity index (χ1v) is 8.95. The van der Waals surface area contributed by atoms with E-state index < -0.39 is 0 Å². The maximum Gasteiger partial charge on any atom is 0.275 e. The van der Waals surface area contributed by atoms with Gasteiger partial charge in [0.15, 0.2) is 11.5 Å². The minimum atomic E-state index is -0.302. The lowest BCUT2D eigenvalue weighted by Gasteiger charge is -2.19. The van der Waals surface area contributed by atoms with Gasteiger partial charge < -0.3 is 20.1 Å². The second-order valence-electron chi connectivity index (χ2n) is 6.60. The Kier molecular flexibility index (Phi) is 4.80. The van der Waals surface area contributed by atoms with Crippen LogP contribution < -0.4 is 20.1 Å². The maximum absolute atomic E-state index is 12.4. The molecule has 0 saturated carbocycles. The molecule has 0 spiro atoms. The smallest absolute Gasteiger partial charge is 0.275 e. The van der Waals surface area contributed by atoms with Crippen molar-refractivity contribution in [3.63, 3.8) is 0 Å². The normalized spacial score (nSPS) is 12.4. The molecule has 0 radical (unpaired) electrons. The molecule has 0 aliphatic carbocycles. The van der Waals surface area contributed by atoms with E-state index in [0.717, 1.165) is 28.3 Å². The highest BCUT2D eigenvalue weighted by atomic mass is 16.6. The molecule has 1 aromatic heterocycles. The Hall–Kier alpha value is -3.61. The summed E-state index contributed by atoms with van der Waals surface area (Å²) in [6.07, 6.45) is 2.96. The monoisotopic (exact) mass is 376 g/mol. The molecule has 0 bridgehead atoms. The topological polar surface area (TPSA) is 85.4 Å². The summed E-state index contributed by atoms with van der Waals surface area (Å²) >= 11 is 0. The number of aromatic nitrogens is 2. The predicted octanol–water partition coefficient (Wildman–Crippen LogP) is 3.86. The first-order valence-electron chi connectivity index (χ1n) is 8.95. The molecule has 2 aromatic carbocycles. The number of hydrogen-bond acceptors (Lipinski definition) is 6. The number of nitrogens with zero attached hydrogens (tertiary/aromatic N) is 2. The van der Waals surface area contributed by atoms with Gasteiger partial charge in [-0.15, -0.1) is 0 Å². The first kappa shape index (κ1) is 17.8. The SMILES string of the molecule is Cc1cc(C)cc(NC(=O)c2cnc(Nc3ccc4c(c3)OCCO4)cn2)c1. The number of benzene rings is 2. The molecule has 1 aliphatic rings. The summed E-state index contributed by atoms with van der Waals surface area (Å²) in [6.45, 7) is 5.05. The number of fused-ring (bicyclic) bond motifs is 1. The number of carbonyl (C=O) groups is 1. The van der Waals surface area contributed by atoms with Crippen LogP contribution in [0.5, 0.6) is 11.5 Å². The Morgan fingerprint density at radius 1 is 0.893 bits per heavy atom. The Balaban J connectivity index is 1.44. The van der Waals surface area contributed by atoms with E-state index in [0.29, 0.717) is 24.8 Å². The molecule has 1 amide bonds. The van der Waals surface area contributed by atoms with Crippen LogP contribution in [0.2, 0.25) is 0 Å². The van der Waals surface area contributed by atoms with Crippen LogP contribution in [0.4, 0.5) is 17.2 Å². The number of carbonyl (C=O) groups excluding carboxylic acids is 1. The van der Waals surface area contributed by atoms with Crippen molar-refractivity contribution in [2.24, 2.45) is 0 Å². The second-order valence-corrected chi connectivity index (χ2v) is 6.60. The average molecular weight is 376 g/mol. The van der Waals surface area contributed by atoms with Gasteiger partial charge in [0.2, 0.25) is 0 Å². The number of ether oxygens (including phenoxy) is 2. The number of rotatable bonds is 4. The van der Waals surface area contributed by atoms with E-state index in [-0.39, 0.29) is 11.6 Å². The van der Waals surface area contributed by atoms with Gasteiger partial charge in [0.1, 0.15) is 24.7 Å². The van der Waals surface area contributed by atoms with Crippen molar-refractivity contribution in [3.8, 4) is 11.5 Å². The van der Waals surface area contributed by atoms with Crippen molar-refractivity contribution < 1.29 is 14.3 Å². The van der Waals surface area contributed by atoms with Gasteiger partial charge in [0, 0.05) is 17.4 Å². The van der Waals surface area contributed by atoms with Crippen LogP contribution in [-0.2, 0) is 0 Å². The van der Waals surface area contributed by atoms with Crippen LogP contribution in [0.3, 0.4) is 0 Å². The van der Waals surface area contributed by atoms with Crippen molar-refractivity contribution >= 4 is 23.1 Å². The average Bonchev–Trinajstić information content (AvgIpc) is 2.67. The van der Waals surface area contributed by atoms with Gasteiger partial charge in [-0.3, -0.25) is 4.79 Å². The molecule has 142 valence electrons. The predicted molar refractivity (Wildman–Crippen MR) is 107 cm³/mol. The molecule has 2 heterocycles. The van der Waals surface area contributed by atoms with E-state index in [9.17, 15) is 4.79 Å². The van der Waals surface area contributed by atoms with Gasteiger partial charge in [-0.25, -0.2) is 9.97 Å². The minimum Gasteiger partial charge on any atom is -0.486 e. The van der Waals surface area contributed by atoms with Crippen molar-refractivity contribution in [2.45, 2.75) is 13.8 Å². The summed E-state index contributed by atoms with van der Waals surface area (Å²) in [5.41, 5.74) is 3.95. The van der Waals surface area contributed by atoms with E-state index >= 15 is 0 Å². The molecule has 7 heteroatoms. The highest BCUT2D eigenvalue weighted by molar-refractivity contribution is 6.02. The Bertz CT molecular complexity index is 998. The highest BCUT2D eigenvalue weighted by Crippen LogP contribution is 2.33. The molecule has 3 aromatic rings. The van der Waals surface area contributed by atoms with E-state index in [2.05, 4.69) is 20.6 Å². The van der Waals surface area contributed by atoms with E-state index in [1.54, 1.807) is 0 Å². The fourth-order valence-electron chi connectivity index (χ4n) is 3.02. The largest absolute Gasteiger partial charge is 0.486 e. The Morgan fingerprint density at radius 2 is 1.64 bits per heavy atom. The molecular weight excluding hydrogens is 356 g/mol. The molecule has 1 aliphatic heterocycles. The fourth-order valence-corrected chi connectivity index (χ4v) is 3.02. The zero-order chi connectivity index (χ0) is 19.5. The molecule has 0 fully saturated rings. The second kappa shape index (κ2) is 7.56. The first-order chi connectivity index (χ1) is 13.6. The Morgan fingerprint density at radius 3 is 2.36 bits per heavy atom. The number of hydrogen-bond donors (Lipinski definition) is 2. The van der Waals surface area contributed by atoms with Crippen molar-refractivity contribution in [2.75, 3.05) is 23.8 Å². The third-order valence-corrected chi connectivity index (χ3v) is 4.18. The van der Waals surface area contributed by atoms with Crippen molar-refractivity contribution in [1.82, 2.24) is 9.97 Å². The summed E-state index contributed by atoms with van der Waals surface area (Å²) in [5, 5.41) is 5.99. The van der Waals surface area contributed by atoms with E-state index in [4.69, 9.17) is 9.47 Å². The number of anilines is 3. The van der Waals surface area contributed by atoms with Gasteiger partial charge in [0.05, 0.1) is 12.4 Å². The maximum atomic E-state index is 12.4. The fraction of sp³-hybridized carbons (Fsp3) is 0.190. The van der Waals surface area contributed by atoms with Crippen molar-refractivity contribution in [3.05, 3.63) is 65.6 Å². The molecular formula is C21H20N4O3. The summed E-state index contributed by atoms with van der Waals surface area (Å²) < 4.78 is 11.1. The molecule has 0 unspecified atom stereocenters. The van der Waals surface area contributed by atoms with Gasteiger partial charge in [0.25, 0.3) is 5.91 Å². The van der Waals surface area contributed by atoms with Gasteiger partial charge in [-0.05, 0) is 49.2 Å². The minimum absolute atomic E-state index is 0.242. The Labute approximate surface area is 162 Å². The van der Waals surface area contributed by atoms with Crippen LogP contribution in [0.25, 0.3) is 0 Å². The summed E-state index contributed by atoms with van der Waals surface area (Å²) in [7, 11) is 0. The number of nitrogens with one attached hydrogen (secondary N) is 2. The van der Waals surface area contributed by atoms with E-state index in [1.165, 1.54) is 12.4 Å². The number of aryl methyl sites for hydroxylation is 2. The molecule has 2 N–H and O–H groups in total. The van der Waals surface area contributed by atoms with Crippen LogP contribution in [0.15, 0.2) is 48.8 Å². The summed E-state index contributed by atoms with van der Waals surface area (Å²) in [4.78, 5) is 20.9. The molecule has 28 heavy (non-hydrogen) atoms. The van der Waals surface area contributed by atoms with Crippen LogP contribution in [0.1, 0.15) is 21.6 Å². The van der Waals surface area contributed by atoms with Crippen LogP contribution in [-0.4, -0.2) is 29.1 Å². The lowest BCUT2D eigenvalue weighted by Crippen LogP contribution is -2.15. The van der Waals surface area contributed by atoms with Crippen LogP contribution in [0, 0.1) is 13.8 Å². The van der Waals surface area contributed by atoms with Crippen molar-refractivity contribution in [1.29, 1.82) is 0 Å². The lowest BCUT2D eigenvalue weighted by atomic mass is 10.1. The molecule has 0 saturated heterocycles. The lowest BCUT2D eigenvalue weighted by molar-refractivity contribution is 0.102. The quantitative estimate of drug-likeness (QED) is 0.719. The molecule has 4 rings (SSSR count).